The number of nitrogens with zero attached hydrogens (tertiary/aromatic N) is 3. The molecule has 0 saturated heterocycles. The number of carboxylic acids is 1. The zero-order valence-electron chi connectivity index (χ0n) is 11.5. The molecule has 0 unspecified atom stereocenters. The highest BCUT2D eigenvalue weighted by molar-refractivity contribution is 7.13. The van der Waals surface area contributed by atoms with Gasteiger partial charge in [-0.1, -0.05) is 0 Å². The van der Waals surface area contributed by atoms with Gasteiger partial charge in [0.2, 0.25) is 5.91 Å². The van der Waals surface area contributed by atoms with Gasteiger partial charge in [0, 0.05) is 24.9 Å². The third kappa shape index (κ3) is 3.99. The Morgan fingerprint density at radius 1 is 1.52 bits per heavy atom. The second-order valence-corrected chi connectivity index (χ2v) is 5.41. The summed E-state index contributed by atoms with van der Waals surface area (Å²) in [6, 6.07) is 0. The lowest BCUT2D eigenvalue weighted by Gasteiger charge is -1.97. The highest BCUT2D eigenvalue weighted by atomic mass is 32.1. The largest absolute Gasteiger partial charge is 0.477 e. The van der Waals surface area contributed by atoms with E-state index < -0.39 is 5.97 Å². The van der Waals surface area contributed by atoms with Gasteiger partial charge in [-0.2, -0.15) is 5.10 Å². The molecule has 1 amide bonds. The number of aryl methyl sites for hydroxylation is 2. The monoisotopic (exact) mass is 306 g/mol. The van der Waals surface area contributed by atoms with Gasteiger partial charge in [-0.05, 0) is 13.0 Å². The van der Waals surface area contributed by atoms with Crippen molar-refractivity contribution in [3.63, 3.8) is 0 Å². The number of aromatic nitrogens is 3. The summed E-state index contributed by atoms with van der Waals surface area (Å²) in [5.74, 6) is -1.28. The fourth-order valence-electron chi connectivity index (χ4n) is 1.65. The maximum Gasteiger partial charge on any atom is 0.347 e. The van der Waals surface area contributed by atoms with Crippen LogP contribution in [0.1, 0.15) is 25.9 Å². The molecule has 0 bridgehead atoms. The first-order valence-electron chi connectivity index (χ1n) is 6.10. The van der Waals surface area contributed by atoms with Crippen molar-refractivity contribution >= 4 is 29.3 Å². The van der Waals surface area contributed by atoms with Crippen LogP contribution in [-0.2, 0) is 18.4 Å². The molecule has 0 aliphatic carbocycles. The molecule has 2 N–H and O–H groups in total. The Balaban J connectivity index is 1.90. The van der Waals surface area contributed by atoms with E-state index >= 15 is 0 Å². The SMILES string of the molecule is Cc1nc(CNC(=O)C=Cc2cnn(C)c2)sc1C(=O)O. The first-order valence-corrected chi connectivity index (χ1v) is 6.91. The number of carboxylic acid groups (broad SMARTS) is 1. The Kier molecular flexibility index (Phi) is 4.49. The minimum atomic E-state index is -1.00. The topological polar surface area (TPSA) is 97.1 Å². The molecular formula is C13H14N4O3S. The highest BCUT2D eigenvalue weighted by Crippen LogP contribution is 2.17. The highest BCUT2D eigenvalue weighted by Gasteiger charge is 2.13. The summed E-state index contributed by atoms with van der Waals surface area (Å²) in [6.07, 6.45) is 6.48. The Morgan fingerprint density at radius 2 is 2.29 bits per heavy atom. The van der Waals surface area contributed by atoms with E-state index in [1.54, 1.807) is 37.1 Å². The lowest BCUT2D eigenvalue weighted by molar-refractivity contribution is -0.116. The van der Waals surface area contributed by atoms with E-state index in [1.807, 2.05) is 0 Å². The fourth-order valence-corrected chi connectivity index (χ4v) is 2.49. The molecule has 0 saturated carbocycles. The van der Waals surface area contributed by atoms with E-state index in [0.717, 1.165) is 16.9 Å². The number of thiazole rings is 1. The number of carbonyl (C=O) groups is 2. The van der Waals surface area contributed by atoms with Gasteiger partial charge in [0.25, 0.3) is 0 Å². The van der Waals surface area contributed by atoms with Gasteiger partial charge in [0.1, 0.15) is 9.88 Å². The number of hydrogen-bond donors (Lipinski definition) is 2. The molecule has 0 spiro atoms. The van der Waals surface area contributed by atoms with Crippen molar-refractivity contribution in [2.45, 2.75) is 13.5 Å². The lowest BCUT2D eigenvalue weighted by atomic mass is 10.3. The van der Waals surface area contributed by atoms with Crippen molar-refractivity contribution in [1.82, 2.24) is 20.1 Å². The number of carbonyl (C=O) groups excluding carboxylic acids is 1. The molecule has 0 atom stereocenters. The third-order valence-corrected chi connectivity index (χ3v) is 3.75. The Labute approximate surface area is 124 Å². The van der Waals surface area contributed by atoms with Gasteiger partial charge in [0.05, 0.1) is 18.4 Å². The van der Waals surface area contributed by atoms with Gasteiger partial charge < -0.3 is 10.4 Å². The van der Waals surface area contributed by atoms with Crippen LogP contribution in [0.4, 0.5) is 0 Å². The number of nitrogens with one attached hydrogen (secondary N) is 1. The third-order valence-electron chi connectivity index (χ3n) is 2.60. The van der Waals surface area contributed by atoms with Crippen LogP contribution in [0, 0.1) is 6.92 Å². The van der Waals surface area contributed by atoms with Crippen LogP contribution < -0.4 is 5.32 Å². The summed E-state index contributed by atoms with van der Waals surface area (Å²) in [4.78, 5) is 26.9. The van der Waals surface area contributed by atoms with Crippen LogP contribution in [0.3, 0.4) is 0 Å². The molecule has 0 fully saturated rings. The van der Waals surface area contributed by atoms with E-state index in [0.29, 0.717) is 10.7 Å². The van der Waals surface area contributed by atoms with Crippen molar-refractivity contribution in [3.05, 3.63) is 39.6 Å². The van der Waals surface area contributed by atoms with E-state index in [2.05, 4.69) is 15.4 Å². The minimum absolute atomic E-state index is 0.199. The minimum Gasteiger partial charge on any atom is -0.477 e. The molecule has 0 aliphatic heterocycles. The molecule has 21 heavy (non-hydrogen) atoms. The molecule has 2 aromatic heterocycles. The van der Waals surface area contributed by atoms with Gasteiger partial charge in [-0.15, -0.1) is 11.3 Å². The molecule has 0 aliphatic rings. The van der Waals surface area contributed by atoms with Crippen molar-refractivity contribution < 1.29 is 14.7 Å². The van der Waals surface area contributed by atoms with E-state index in [9.17, 15) is 9.59 Å². The predicted octanol–water partition coefficient (Wildman–Crippen LogP) is 1.21. The Hall–Kier alpha value is -2.48. The van der Waals surface area contributed by atoms with Crippen LogP contribution >= 0.6 is 11.3 Å². The van der Waals surface area contributed by atoms with Crippen molar-refractivity contribution in [3.8, 4) is 0 Å². The summed E-state index contributed by atoms with van der Waals surface area (Å²) in [5.41, 5.74) is 1.29. The first kappa shape index (κ1) is 14.9. The number of amides is 1. The van der Waals surface area contributed by atoms with Gasteiger partial charge in [0.15, 0.2) is 0 Å². The van der Waals surface area contributed by atoms with E-state index in [4.69, 9.17) is 5.11 Å². The van der Waals surface area contributed by atoms with Crippen LogP contribution in [0.25, 0.3) is 6.08 Å². The van der Waals surface area contributed by atoms with Crippen LogP contribution in [0.5, 0.6) is 0 Å². The fraction of sp³-hybridized carbons (Fsp3) is 0.231. The Morgan fingerprint density at radius 3 is 2.86 bits per heavy atom. The number of hydrogen-bond acceptors (Lipinski definition) is 5. The first-order chi connectivity index (χ1) is 9.95. The normalized spacial score (nSPS) is 11.0. The van der Waals surface area contributed by atoms with Gasteiger partial charge in [-0.3, -0.25) is 9.48 Å². The molecule has 0 aromatic carbocycles. The van der Waals surface area contributed by atoms with Crippen molar-refractivity contribution in [2.24, 2.45) is 7.05 Å². The zero-order valence-corrected chi connectivity index (χ0v) is 12.3. The van der Waals surface area contributed by atoms with Gasteiger partial charge >= 0.3 is 5.97 Å². The lowest BCUT2D eigenvalue weighted by Crippen LogP contribution is -2.20. The molecular weight excluding hydrogens is 292 g/mol. The number of rotatable bonds is 5. The summed E-state index contributed by atoms with van der Waals surface area (Å²) >= 11 is 1.06. The zero-order chi connectivity index (χ0) is 15.4. The summed E-state index contributed by atoms with van der Waals surface area (Å²) < 4.78 is 1.64. The molecule has 2 aromatic rings. The second-order valence-electron chi connectivity index (χ2n) is 4.33. The molecule has 110 valence electrons. The number of aromatic carboxylic acids is 1. The smallest absolute Gasteiger partial charge is 0.347 e. The van der Waals surface area contributed by atoms with Gasteiger partial charge in [-0.25, -0.2) is 9.78 Å². The van der Waals surface area contributed by atoms with Crippen LogP contribution in [0.15, 0.2) is 18.5 Å². The average molecular weight is 306 g/mol. The molecule has 7 nitrogen and oxygen atoms in total. The molecule has 2 heterocycles. The molecule has 0 radical (unpaired) electrons. The predicted molar refractivity (Wildman–Crippen MR) is 77.9 cm³/mol. The quantitative estimate of drug-likeness (QED) is 0.809. The summed E-state index contributed by atoms with van der Waals surface area (Å²) in [6.45, 7) is 1.84. The molecule has 8 heteroatoms. The molecule has 2 rings (SSSR count). The van der Waals surface area contributed by atoms with E-state index in [-0.39, 0.29) is 17.3 Å². The maximum absolute atomic E-state index is 11.7. The second kappa shape index (κ2) is 6.31. The van der Waals surface area contributed by atoms with Crippen molar-refractivity contribution in [2.75, 3.05) is 0 Å². The van der Waals surface area contributed by atoms with Crippen molar-refractivity contribution in [1.29, 1.82) is 0 Å². The Bertz CT molecular complexity index is 702. The van der Waals surface area contributed by atoms with Crippen LogP contribution in [0.2, 0.25) is 0 Å². The standard InChI is InChI=1S/C13H14N4O3S/c1-8-12(13(19)20)21-11(16-8)6-14-10(18)4-3-9-5-15-17(2)7-9/h3-5,7H,6H2,1-2H3,(H,14,18)(H,19,20). The maximum atomic E-state index is 11.7. The summed E-state index contributed by atoms with van der Waals surface area (Å²) in [7, 11) is 1.79. The van der Waals surface area contributed by atoms with Crippen LogP contribution in [-0.4, -0.2) is 31.7 Å². The summed E-state index contributed by atoms with van der Waals surface area (Å²) in [5, 5.41) is 16.1. The van der Waals surface area contributed by atoms with E-state index in [1.165, 1.54) is 6.08 Å². The average Bonchev–Trinajstić information content (AvgIpc) is 3.00.